The monoisotopic (exact) mass is 188 g/mol. The van der Waals surface area contributed by atoms with Crippen LogP contribution >= 0.6 is 0 Å². The molecule has 78 valence electrons. The smallest absolute Gasteiger partial charge is 0.220 e. The molecule has 0 fully saturated rings. The second kappa shape index (κ2) is 5.94. The predicted molar refractivity (Wildman–Crippen MR) is 52.2 cm³/mol. The number of rotatable bonds is 5. The summed E-state index contributed by atoms with van der Waals surface area (Å²) < 4.78 is 0. The van der Waals surface area contributed by atoms with Gasteiger partial charge in [0, 0.05) is 12.5 Å². The number of amides is 1. The molecule has 0 heterocycles. The molecule has 0 radical (unpaired) electrons. The van der Waals surface area contributed by atoms with Crippen LogP contribution in [0.4, 0.5) is 0 Å². The van der Waals surface area contributed by atoms with Crippen molar-refractivity contribution in [3.63, 3.8) is 0 Å². The van der Waals surface area contributed by atoms with Gasteiger partial charge in [0.05, 0.1) is 12.1 Å². The maximum Gasteiger partial charge on any atom is 0.220 e. The topological polar surface area (TPSA) is 75.3 Å². The highest BCUT2D eigenvalue weighted by Gasteiger charge is 2.16. The molecule has 1 amide bonds. The highest BCUT2D eigenvalue weighted by molar-refractivity contribution is 5.75. The molecule has 3 unspecified atom stereocenters. The van der Waals surface area contributed by atoms with E-state index in [4.69, 9.17) is 5.73 Å². The van der Waals surface area contributed by atoms with Crippen molar-refractivity contribution in [1.29, 1.82) is 0 Å². The summed E-state index contributed by atoms with van der Waals surface area (Å²) in [6.45, 7) is 5.39. The molecular formula is C9H20N2O2. The van der Waals surface area contributed by atoms with E-state index in [1.165, 1.54) is 0 Å². The molecule has 0 aliphatic heterocycles. The Morgan fingerprint density at radius 3 is 2.46 bits per heavy atom. The number of nitrogens with one attached hydrogen (secondary N) is 1. The van der Waals surface area contributed by atoms with Gasteiger partial charge in [0.1, 0.15) is 0 Å². The Morgan fingerprint density at radius 1 is 1.54 bits per heavy atom. The third kappa shape index (κ3) is 5.60. The number of aliphatic hydroxyl groups is 1. The van der Waals surface area contributed by atoms with Crippen LogP contribution in [-0.2, 0) is 4.79 Å². The second-order valence-electron chi connectivity index (χ2n) is 3.49. The Balaban J connectivity index is 3.81. The molecule has 0 aromatic rings. The fourth-order valence-corrected chi connectivity index (χ4v) is 1.04. The zero-order valence-corrected chi connectivity index (χ0v) is 8.58. The summed E-state index contributed by atoms with van der Waals surface area (Å²) in [5, 5.41) is 12.2. The van der Waals surface area contributed by atoms with Crippen molar-refractivity contribution in [1.82, 2.24) is 5.32 Å². The van der Waals surface area contributed by atoms with Gasteiger partial charge >= 0.3 is 0 Å². The average Bonchev–Trinajstić information content (AvgIpc) is 2.02. The quantitative estimate of drug-likeness (QED) is 0.568. The molecule has 3 atom stereocenters. The van der Waals surface area contributed by atoms with Crippen LogP contribution in [0.3, 0.4) is 0 Å². The van der Waals surface area contributed by atoms with Gasteiger partial charge < -0.3 is 16.2 Å². The number of hydrogen-bond acceptors (Lipinski definition) is 3. The number of aliphatic hydroxyl groups excluding tert-OH is 1. The lowest BCUT2D eigenvalue weighted by atomic mass is 10.1. The molecule has 4 N–H and O–H groups in total. The molecule has 0 spiro atoms. The van der Waals surface area contributed by atoms with Crippen LogP contribution in [0, 0.1) is 0 Å². The molecule has 0 saturated heterocycles. The first-order valence-corrected chi connectivity index (χ1v) is 4.70. The summed E-state index contributed by atoms with van der Waals surface area (Å²) in [4.78, 5) is 11.0. The fraction of sp³-hybridized carbons (Fsp3) is 0.889. The van der Waals surface area contributed by atoms with Gasteiger partial charge in [-0.25, -0.2) is 0 Å². The first-order valence-electron chi connectivity index (χ1n) is 4.70. The second-order valence-corrected chi connectivity index (χ2v) is 3.49. The Kier molecular flexibility index (Phi) is 5.66. The number of hydrogen-bond donors (Lipinski definition) is 3. The molecule has 0 aliphatic rings. The molecule has 0 rings (SSSR count). The summed E-state index contributed by atoms with van der Waals surface area (Å²) in [6.07, 6.45) is 0.385. The van der Waals surface area contributed by atoms with Gasteiger partial charge in [-0.2, -0.15) is 0 Å². The Bertz CT molecular complexity index is 160. The van der Waals surface area contributed by atoms with Gasteiger partial charge in [-0.15, -0.1) is 0 Å². The molecule has 4 heteroatoms. The van der Waals surface area contributed by atoms with Crippen molar-refractivity contribution in [2.45, 2.75) is 51.8 Å². The SMILES string of the molecule is CCC(=O)NC(C)C(O)CC(C)N. The van der Waals surface area contributed by atoms with Gasteiger partial charge in [-0.05, 0) is 20.3 Å². The average molecular weight is 188 g/mol. The standard InChI is InChI=1S/C9H20N2O2/c1-4-9(13)11-7(3)8(12)5-6(2)10/h6-8,12H,4-5,10H2,1-3H3,(H,11,13). The van der Waals surface area contributed by atoms with Gasteiger partial charge in [0.25, 0.3) is 0 Å². The first kappa shape index (κ1) is 12.4. The van der Waals surface area contributed by atoms with E-state index in [2.05, 4.69) is 5.32 Å². The minimum Gasteiger partial charge on any atom is -0.391 e. The molecular weight excluding hydrogens is 168 g/mol. The lowest BCUT2D eigenvalue weighted by molar-refractivity contribution is -0.122. The lowest BCUT2D eigenvalue weighted by Crippen LogP contribution is -2.42. The molecule has 0 aliphatic carbocycles. The normalized spacial score (nSPS) is 17.6. The van der Waals surface area contributed by atoms with Crippen molar-refractivity contribution in [3.8, 4) is 0 Å². The van der Waals surface area contributed by atoms with Crippen molar-refractivity contribution in [2.24, 2.45) is 5.73 Å². The number of carbonyl (C=O) groups is 1. The van der Waals surface area contributed by atoms with Gasteiger partial charge in [0.15, 0.2) is 0 Å². The van der Waals surface area contributed by atoms with Crippen molar-refractivity contribution in [2.75, 3.05) is 0 Å². The third-order valence-electron chi connectivity index (χ3n) is 1.90. The summed E-state index contributed by atoms with van der Waals surface area (Å²) >= 11 is 0. The van der Waals surface area contributed by atoms with Crippen LogP contribution in [0.25, 0.3) is 0 Å². The van der Waals surface area contributed by atoms with E-state index in [-0.39, 0.29) is 18.0 Å². The molecule has 0 aromatic heterocycles. The van der Waals surface area contributed by atoms with E-state index in [9.17, 15) is 9.90 Å². The van der Waals surface area contributed by atoms with Crippen molar-refractivity contribution < 1.29 is 9.90 Å². The van der Waals surface area contributed by atoms with Crippen LogP contribution in [-0.4, -0.2) is 29.2 Å². The minimum absolute atomic E-state index is 0.0452. The minimum atomic E-state index is -0.560. The predicted octanol–water partition coefficient (Wildman–Crippen LogP) is -0.000700. The van der Waals surface area contributed by atoms with Crippen LogP contribution in [0.2, 0.25) is 0 Å². The molecule has 0 aromatic carbocycles. The van der Waals surface area contributed by atoms with Gasteiger partial charge in [0.2, 0.25) is 5.91 Å². The zero-order valence-electron chi connectivity index (χ0n) is 8.58. The highest BCUT2D eigenvalue weighted by Crippen LogP contribution is 2.01. The van der Waals surface area contributed by atoms with Crippen LogP contribution in [0.5, 0.6) is 0 Å². The molecule has 13 heavy (non-hydrogen) atoms. The first-order chi connectivity index (χ1) is 5.97. The van der Waals surface area contributed by atoms with E-state index >= 15 is 0 Å². The third-order valence-corrected chi connectivity index (χ3v) is 1.90. The van der Waals surface area contributed by atoms with E-state index < -0.39 is 6.10 Å². The number of carbonyl (C=O) groups excluding carboxylic acids is 1. The van der Waals surface area contributed by atoms with E-state index in [1.54, 1.807) is 13.8 Å². The maximum absolute atomic E-state index is 11.0. The Morgan fingerprint density at radius 2 is 2.08 bits per heavy atom. The van der Waals surface area contributed by atoms with Crippen LogP contribution in [0.15, 0.2) is 0 Å². The Hall–Kier alpha value is -0.610. The Labute approximate surface area is 79.5 Å². The maximum atomic E-state index is 11.0. The summed E-state index contributed by atoms with van der Waals surface area (Å²) in [5.41, 5.74) is 5.52. The lowest BCUT2D eigenvalue weighted by Gasteiger charge is -2.21. The van der Waals surface area contributed by atoms with E-state index in [0.717, 1.165) is 0 Å². The molecule has 0 saturated carbocycles. The van der Waals surface area contributed by atoms with E-state index in [1.807, 2.05) is 6.92 Å². The summed E-state index contributed by atoms with van der Waals surface area (Å²) in [6, 6.07) is -0.269. The van der Waals surface area contributed by atoms with E-state index in [0.29, 0.717) is 12.8 Å². The molecule has 0 bridgehead atoms. The largest absolute Gasteiger partial charge is 0.391 e. The zero-order chi connectivity index (χ0) is 10.4. The fourth-order valence-electron chi connectivity index (χ4n) is 1.04. The highest BCUT2D eigenvalue weighted by atomic mass is 16.3. The van der Waals surface area contributed by atoms with Crippen molar-refractivity contribution in [3.05, 3.63) is 0 Å². The summed E-state index contributed by atoms with van der Waals surface area (Å²) in [7, 11) is 0. The van der Waals surface area contributed by atoms with Crippen molar-refractivity contribution >= 4 is 5.91 Å². The van der Waals surface area contributed by atoms with Gasteiger partial charge in [-0.3, -0.25) is 4.79 Å². The summed E-state index contributed by atoms with van der Waals surface area (Å²) in [5.74, 6) is -0.0452. The number of nitrogens with two attached hydrogens (primary N) is 1. The van der Waals surface area contributed by atoms with Crippen LogP contribution in [0.1, 0.15) is 33.6 Å². The molecule has 4 nitrogen and oxygen atoms in total. The van der Waals surface area contributed by atoms with Crippen LogP contribution < -0.4 is 11.1 Å². The van der Waals surface area contributed by atoms with Gasteiger partial charge in [-0.1, -0.05) is 6.92 Å².